The van der Waals surface area contributed by atoms with Crippen molar-refractivity contribution in [2.24, 2.45) is 0 Å². The minimum Gasteiger partial charge on any atom is -0.463 e. The lowest BCUT2D eigenvalue weighted by atomic mass is 10.5. The molecule has 0 amide bonds. The van der Waals surface area contributed by atoms with E-state index in [0.29, 0.717) is 6.61 Å². The molecule has 0 N–H and O–H groups in total. The lowest BCUT2D eigenvalue weighted by Crippen LogP contribution is -2.42. The Morgan fingerprint density at radius 2 is 1.48 bits per heavy atom. The van der Waals surface area contributed by atoms with Crippen LogP contribution in [-0.2, 0) is 23.2 Å². The van der Waals surface area contributed by atoms with E-state index in [4.69, 9.17) is 8.85 Å². The molecule has 0 atom stereocenters. The Labute approximate surface area is 129 Å². The second-order valence-corrected chi connectivity index (χ2v) is 15.4. The van der Waals surface area contributed by atoms with Crippen molar-refractivity contribution in [1.29, 1.82) is 0 Å². The number of hydrogen-bond donors (Lipinski definition) is 0. The van der Waals surface area contributed by atoms with Crippen molar-refractivity contribution in [2.75, 3.05) is 13.2 Å². The van der Waals surface area contributed by atoms with E-state index < -0.39 is 28.6 Å². The summed E-state index contributed by atoms with van der Waals surface area (Å²) < 4.78 is 15.9. The molecule has 0 heterocycles. The van der Waals surface area contributed by atoms with Gasteiger partial charge in [0.2, 0.25) is 0 Å². The maximum atomic E-state index is 11.4. The average Bonchev–Trinajstić information content (AvgIpc) is 2.29. The fourth-order valence-electron chi connectivity index (χ4n) is 1.93. The van der Waals surface area contributed by atoms with Crippen LogP contribution in [0.4, 0.5) is 0 Å². The zero-order chi connectivity index (χ0) is 16.5. The maximum Gasteiger partial charge on any atom is 0.331 e. The number of carbonyl (C=O) groups is 2. The Morgan fingerprint density at radius 1 is 0.952 bits per heavy atom. The van der Waals surface area contributed by atoms with Crippen LogP contribution in [0.1, 0.15) is 13.3 Å². The van der Waals surface area contributed by atoms with Crippen LogP contribution in [0.3, 0.4) is 0 Å². The van der Waals surface area contributed by atoms with E-state index in [1.165, 1.54) is 0 Å². The number of rotatable bonds is 9. The fourth-order valence-corrected chi connectivity index (χ4v) is 9.96. The van der Waals surface area contributed by atoms with Gasteiger partial charge in [-0.1, -0.05) is 0 Å². The normalized spacial score (nSPS) is 12.5. The minimum absolute atomic E-state index is 0.287. The van der Waals surface area contributed by atoms with Gasteiger partial charge in [-0.25, -0.2) is 9.59 Å². The van der Waals surface area contributed by atoms with Gasteiger partial charge in [0.05, 0.1) is 13.2 Å². The van der Waals surface area contributed by atoms with Gasteiger partial charge >= 0.3 is 11.9 Å². The summed E-state index contributed by atoms with van der Waals surface area (Å²) in [6.45, 7) is 13.3. The highest BCUT2D eigenvalue weighted by Gasteiger charge is 2.28. The summed E-state index contributed by atoms with van der Waals surface area (Å²) in [6, 6.07) is 0.951. The molecule has 0 rings (SSSR count). The van der Waals surface area contributed by atoms with E-state index in [0.717, 1.165) is 24.6 Å². The largest absolute Gasteiger partial charge is 0.463 e. The maximum absolute atomic E-state index is 11.4. The molecule has 0 unspecified atom stereocenters. The Hall–Kier alpha value is -0.926. The molecule has 0 spiro atoms. The summed E-state index contributed by atoms with van der Waals surface area (Å²) in [6.07, 6.45) is 2.96. The van der Waals surface area contributed by atoms with Gasteiger partial charge in [-0.15, -0.1) is 0 Å². The quantitative estimate of drug-likeness (QED) is 0.281. The van der Waals surface area contributed by atoms with Crippen LogP contribution in [-0.4, -0.2) is 41.8 Å². The molecule has 0 fully saturated rings. The highest BCUT2D eigenvalue weighted by atomic mass is 28.4. The topological polar surface area (TPSA) is 61.8 Å². The number of hydrogen-bond acceptors (Lipinski definition) is 5. The van der Waals surface area contributed by atoms with Gasteiger partial charge < -0.3 is 13.6 Å². The third kappa shape index (κ3) is 12.5. The first kappa shape index (κ1) is 20.1. The van der Waals surface area contributed by atoms with E-state index >= 15 is 0 Å². The molecule has 0 aliphatic heterocycles. The SMILES string of the molecule is CCOC(=O)/C=C/C(=O)OCCC[Si](C)(C)O[Si](C)(C)C. The molecule has 0 radical (unpaired) electrons. The highest BCUT2D eigenvalue weighted by Crippen LogP contribution is 2.19. The van der Waals surface area contributed by atoms with Crippen LogP contribution in [0.15, 0.2) is 12.2 Å². The molecule has 122 valence electrons. The zero-order valence-corrected chi connectivity index (χ0v) is 16.0. The van der Waals surface area contributed by atoms with Crippen LogP contribution >= 0.6 is 0 Å². The summed E-state index contributed by atoms with van der Waals surface area (Å²) in [7, 11) is -3.20. The summed E-state index contributed by atoms with van der Waals surface area (Å²) in [5.74, 6) is -1.06. The first-order chi connectivity index (χ1) is 9.56. The predicted octanol–water partition coefficient (Wildman–Crippen LogP) is 3.10. The molecule has 0 aromatic carbocycles. The van der Waals surface area contributed by atoms with Crippen LogP contribution in [0.2, 0.25) is 38.8 Å². The first-order valence-corrected chi connectivity index (χ1v) is 13.8. The second kappa shape index (κ2) is 9.16. The summed E-state index contributed by atoms with van der Waals surface area (Å²) in [5.41, 5.74) is 0. The smallest absolute Gasteiger partial charge is 0.331 e. The fraction of sp³-hybridized carbons (Fsp3) is 0.714. The summed E-state index contributed by atoms with van der Waals surface area (Å²) in [5, 5.41) is 0. The first-order valence-electron chi connectivity index (χ1n) is 7.27. The molecule has 0 aliphatic rings. The molecule has 0 saturated heterocycles. The molecular weight excluding hydrogens is 304 g/mol. The van der Waals surface area contributed by atoms with Gasteiger partial charge in [-0.2, -0.15) is 0 Å². The van der Waals surface area contributed by atoms with Gasteiger partial charge in [-0.05, 0) is 52.1 Å². The van der Waals surface area contributed by atoms with Gasteiger partial charge in [-0.3, -0.25) is 0 Å². The van der Waals surface area contributed by atoms with Crippen molar-refractivity contribution in [2.45, 2.75) is 52.1 Å². The van der Waals surface area contributed by atoms with Crippen molar-refractivity contribution in [3.8, 4) is 0 Å². The van der Waals surface area contributed by atoms with E-state index in [1.54, 1.807) is 6.92 Å². The summed E-state index contributed by atoms with van der Waals surface area (Å²) in [4.78, 5) is 22.4. The van der Waals surface area contributed by atoms with Crippen molar-refractivity contribution < 1.29 is 23.2 Å². The molecule has 21 heavy (non-hydrogen) atoms. The van der Waals surface area contributed by atoms with Gasteiger partial charge in [0.25, 0.3) is 0 Å². The van der Waals surface area contributed by atoms with Crippen molar-refractivity contribution >= 4 is 28.6 Å². The third-order valence-electron chi connectivity index (χ3n) is 2.39. The van der Waals surface area contributed by atoms with E-state index in [1.807, 2.05) is 0 Å². The molecule has 0 aromatic rings. The molecule has 7 heteroatoms. The predicted molar refractivity (Wildman–Crippen MR) is 88.1 cm³/mol. The molecule has 0 saturated carbocycles. The lowest BCUT2D eigenvalue weighted by molar-refractivity contribution is -0.140. The highest BCUT2D eigenvalue weighted by molar-refractivity contribution is 6.84. The van der Waals surface area contributed by atoms with Gasteiger partial charge in [0.1, 0.15) is 0 Å². The molecule has 5 nitrogen and oxygen atoms in total. The van der Waals surface area contributed by atoms with Gasteiger partial charge in [0, 0.05) is 12.2 Å². The number of esters is 2. The Morgan fingerprint density at radius 3 is 1.95 bits per heavy atom. The van der Waals surface area contributed by atoms with Crippen LogP contribution in [0.25, 0.3) is 0 Å². The Balaban J connectivity index is 3.94. The van der Waals surface area contributed by atoms with Crippen molar-refractivity contribution in [1.82, 2.24) is 0 Å². The summed E-state index contributed by atoms with van der Waals surface area (Å²) >= 11 is 0. The van der Waals surface area contributed by atoms with E-state index in [-0.39, 0.29) is 6.61 Å². The lowest BCUT2D eigenvalue weighted by Gasteiger charge is -2.31. The van der Waals surface area contributed by atoms with E-state index in [2.05, 4.69) is 37.5 Å². The van der Waals surface area contributed by atoms with Crippen LogP contribution < -0.4 is 0 Å². The van der Waals surface area contributed by atoms with E-state index in [9.17, 15) is 9.59 Å². The Kier molecular flexibility index (Phi) is 8.76. The third-order valence-corrected chi connectivity index (χ3v) is 8.61. The van der Waals surface area contributed by atoms with Crippen LogP contribution in [0, 0.1) is 0 Å². The molecule has 0 bridgehead atoms. The van der Waals surface area contributed by atoms with Crippen molar-refractivity contribution in [3.05, 3.63) is 12.2 Å². The molecular formula is C14H28O5Si2. The van der Waals surface area contributed by atoms with Crippen LogP contribution in [0.5, 0.6) is 0 Å². The number of ether oxygens (including phenoxy) is 2. The van der Waals surface area contributed by atoms with Gasteiger partial charge in [0.15, 0.2) is 16.6 Å². The molecule has 0 aromatic heterocycles. The zero-order valence-electron chi connectivity index (χ0n) is 14.0. The second-order valence-electron chi connectivity index (χ2n) is 6.33. The Bertz CT molecular complexity index is 372. The average molecular weight is 333 g/mol. The van der Waals surface area contributed by atoms with Crippen molar-refractivity contribution in [3.63, 3.8) is 0 Å². The minimum atomic E-state index is -1.68. The monoisotopic (exact) mass is 332 g/mol. The standard InChI is InChI=1S/C14H28O5Si2/c1-7-17-13(15)9-10-14(16)18-11-8-12-21(5,6)19-20(2,3)4/h9-10H,7-8,11-12H2,1-6H3/b10-9+. The number of carbonyl (C=O) groups excluding carboxylic acids is 2. The molecule has 0 aliphatic carbocycles.